The van der Waals surface area contributed by atoms with E-state index in [2.05, 4.69) is 112 Å². The van der Waals surface area contributed by atoms with E-state index in [0.717, 1.165) is 97.2 Å². The fraction of sp³-hybridized carbons (Fsp3) is 0.478. The van der Waals surface area contributed by atoms with Crippen LogP contribution in [0.4, 0.5) is 11.4 Å². The van der Waals surface area contributed by atoms with Crippen molar-refractivity contribution in [2.24, 2.45) is 0 Å². The quantitative estimate of drug-likeness (QED) is 0.105. The minimum Gasteiger partial charge on any atom is -0.345 e. The summed E-state index contributed by atoms with van der Waals surface area (Å²) in [6.45, 7) is 9.97. The number of carbonyl (C=O) groups is 2. The topological polar surface area (TPSA) is 43.9 Å². The van der Waals surface area contributed by atoms with Gasteiger partial charge in [0.15, 0.2) is 0 Å². The molecule has 3 aromatic carbocycles. The van der Waals surface area contributed by atoms with Gasteiger partial charge in [-0.3, -0.25) is 9.59 Å². The van der Waals surface area contributed by atoms with Crippen molar-refractivity contribution in [3.8, 4) is 0 Å². The van der Waals surface area contributed by atoms with Gasteiger partial charge < -0.3 is 14.7 Å². The summed E-state index contributed by atoms with van der Waals surface area (Å²) >= 11 is 0. The summed E-state index contributed by atoms with van der Waals surface area (Å²) < 4.78 is 0. The molecule has 0 atom stereocenters. The van der Waals surface area contributed by atoms with Gasteiger partial charge in [0.2, 0.25) is 0 Å². The first-order chi connectivity index (χ1) is 24.9. The number of hydrogen-bond acceptors (Lipinski definition) is 3. The summed E-state index contributed by atoms with van der Waals surface area (Å²) in [5.41, 5.74) is 9.31. The Morgan fingerprint density at radius 1 is 0.490 bits per heavy atom. The SMILES string of the molecule is CCCCCCCCc1ccc(N(C)c2ccc(C3=C4C(=O)N(CCCCCC)C(c5ccc(C)cc5)=C4C(=O)N3CCCCCC)cc2)cc1. The first kappa shape index (κ1) is 38.1. The van der Waals surface area contributed by atoms with Crippen LogP contribution in [0.15, 0.2) is 83.9 Å². The van der Waals surface area contributed by atoms with Crippen molar-refractivity contribution >= 4 is 34.6 Å². The minimum atomic E-state index is -0.0428. The van der Waals surface area contributed by atoms with Gasteiger partial charge in [-0.15, -0.1) is 0 Å². The first-order valence-electron chi connectivity index (χ1n) is 20.0. The molecule has 2 amide bonds. The summed E-state index contributed by atoms with van der Waals surface area (Å²) in [4.78, 5) is 35.0. The lowest BCUT2D eigenvalue weighted by molar-refractivity contribution is -0.124. The molecular weight excluding hydrogens is 627 g/mol. The van der Waals surface area contributed by atoms with Crippen LogP contribution >= 0.6 is 0 Å². The normalized spacial score (nSPS) is 14.4. The molecule has 5 rings (SSSR count). The Labute approximate surface area is 308 Å². The Hall–Kier alpha value is -4.12. The molecule has 0 radical (unpaired) electrons. The average molecular weight is 688 g/mol. The molecule has 5 nitrogen and oxygen atoms in total. The molecule has 51 heavy (non-hydrogen) atoms. The van der Waals surface area contributed by atoms with Crippen molar-refractivity contribution in [2.75, 3.05) is 25.0 Å². The van der Waals surface area contributed by atoms with Gasteiger partial charge in [0.05, 0.1) is 22.5 Å². The fourth-order valence-corrected chi connectivity index (χ4v) is 7.52. The summed E-state index contributed by atoms with van der Waals surface area (Å²) in [5, 5.41) is 0. The number of aryl methyl sites for hydroxylation is 2. The third kappa shape index (κ3) is 9.22. The number of fused-ring (bicyclic) bond motifs is 1. The van der Waals surface area contributed by atoms with Crippen molar-refractivity contribution in [3.63, 3.8) is 0 Å². The summed E-state index contributed by atoms with van der Waals surface area (Å²) in [6, 6.07) is 25.7. The molecule has 272 valence electrons. The summed E-state index contributed by atoms with van der Waals surface area (Å²) in [5.74, 6) is -0.0857. The smallest absolute Gasteiger partial charge is 0.261 e. The number of rotatable bonds is 21. The third-order valence-electron chi connectivity index (χ3n) is 10.6. The van der Waals surface area contributed by atoms with Crippen LogP contribution in [0.3, 0.4) is 0 Å². The summed E-state index contributed by atoms with van der Waals surface area (Å²) in [6.07, 6.45) is 17.5. The lowest BCUT2D eigenvalue weighted by Crippen LogP contribution is -2.31. The van der Waals surface area contributed by atoms with Gasteiger partial charge in [-0.25, -0.2) is 0 Å². The van der Waals surface area contributed by atoms with E-state index in [0.29, 0.717) is 24.2 Å². The molecule has 5 heteroatoms. The van der Waals surface area contributed by atoms with Crippen molar-refractivity contribution in [1.82, 2.24) is 9.80 Å². The zero-order valence-corrected chi connectivity index (χ0v) is 32.1. The molecule has 2 aliphatic rings. The molecule has 0 saturated heterocycles. The second kappa shape index (κ2) is 18.9. The van der Waals surface area contributed by atoms with Gasteiger partial charge >= 0.3 is 0 Å². The maximum atomic E-state index is 14.5. The van der Waals surface area contributed by atoms with Gasteiger partial charge in [-0.2, -0.15) is 0 Å². The van der Waals surface area contributed by atoms with Gasteiger partial charge in [0.25, 0.3) is 11.8 Å². The number of amides is 2. The average Bonchev–Trinajstić information content (AvgIpc) is 3.60. The van der Waals surface area contributed by atoms with E-state index >= 15 is 0 Å². The fourth-order valence-electron chi connectivity index (χ4n) is 7.52. The molecule has 0 unspecified atom stereocenters. The number of carbonyl (C=O) groups excluding carboxylic acids is 2. The first-order valence-corrected chi connectivity index (χ1v) is 20.0. The van der Waals surface area contributed by atoms with E-state index in [4.69, 9.17) is 0 Å². The molecule has 2 aliphatic heterocycles. The Bertz CT molecular complexity index is 1650. The van der Waals surface area contributed by atoms with Crippen LogP contribution in [0, 0.1) is 6.92 Å². The molecule has 0 bridgehead atoms. The lowest BCUT2D eigenvalue weighted by atomic mass is 10.0. The highest BCUT2D eigenvalue weighted by Crippen LogP contribution is 2.47. The molecular formula is C46H61N3O2. The molecule has 0 aliphatic carbocycles. The van der Waals surface area contributed by atoms with Crippen LogP contribution < -0.4 is 4.90 Å². The number of nitrogens with zero attached hydrogens (tertiary/aromatic N) is 3. The number of benzene rings is 3. The lowest BCUT2D eigenvalue weighted by Gasteiger charge is -2.26. The molecule has 0 aromatic heterocycles. The predicted octanol–water partition coefficient (Wildman–Crippen LogP) is 11.6. The van der Waals surface area contributed by atoms with Crippen LogP contribution in [0.5, 0.6) is 0 Å². The Kier molecular flexibility index (Phi) is 14.1. The van der Waals surface area contributed by atoms with Crippen molar-refractivity contribution in [2.45, 2.75) is 124 Å². The minimum absolute atomic E-state index is 0.0428. The maximum Gasteiger partial charge on any atom is 0.261 e. The Balaban J connectivity index is 1.43. The van der Waals surface area contributed by atoms with Crippen LogP contribution in [-0.2, 0) is 16.0 Å². The van der Waals surface area contributed by atoms with E-state index in [1.54, 1.807) is 0 Å². The van der Waals surface area contributed by atoms with Crippen LogP contribution in [0.2, 0.25) is 0 Å². The zero-order valence-electron chi connectivity index (χ0n) is 32.1. The zero-order chi connectivity index (χ0) is 36.2. The molecule has 2 heterocycles. The van der Waals surface area contributed by atoms with E-state index in [1.165, 1.54) is 44.1 Å². The monoisotopic (exact) mass is 687 g/mol. The number of hydrogen-bond donors (Lipinski definition) is 0. The molecule has 0 saturated carbocycles. The van der Waals surface area contributed by atoms with Gasteiger partial charge in [0, 0.05) is 31.5 Å². The van der Waals surface area contributed by atoms with Gasteiger partial charge in [-0.1, -0.05) is 145 Å². The largest absolute Gasteiger partial charge is 0.345 e. The third-order valence-corrected chi connectivity index (χ3v) is 10.6. The molecule has 0 fully saturated rings. The van der Waals surface area contributed by atoms with E-state index < -0.39 is 0 Å². The molecule has 3 aromatic rings. The molecule has 0 N–H and O–H groups in total. The van der Waals surface area contributed by atoms with Crippen LogP contribution in [0.25, 0.3) is 11.4 Å². The van der Waals surface area contributed by atoms with Gasteiger partial charge in [-0.05, 0) is 73.6 Å². The van der Waals surface area contributed by atoms with Crippen molar-refractivity contribution < 1.29 is 9.59 Å². The molecule has 0 spiro atoms. The Morgan fingerprint density at radius 3 is 1.35 bits per heavy atom. The highest BCUT2D eigenvalue weighted by Gasteiger charge is 2.48. The highest BCUT2D eigenvalue weighted by atomic mass is 16.2. The van der Waals surface area contributed by atoms with Crippen LogP contribution in [-0.4, -0.2) is 41.8 Å². The van der Waals surface area contributed by atoms with Crippen LogP contribution in [0.1, 0.15) is 133 Å². The predicted molar refractivity (Wildman–Crippen MR) is 215 cm³/mol. The number of unbranched alkanes of at least 4 members (excludes halogenated alkanes) is 11. The van der Waals surface area contributed by atoms with Crippen molar-refractivity contribution in [1.29, 1.82) is 0 Å². The van der Waals surface area contributed by atoms with Gasteiger partial charge in [0.1, 0.15) is 0 Å². The second-order valence-electron chi connectivity index (χ2n) is 14.6. The van der Waals surface area contributed by atoms with Crippen molar-refractivity contribution in [3.05, 3.63) is 106 Å². The summed E-state index contributed by atoms with van der Waals surface area (Å²) in [7, 11) is 2.10. The highest BCUT2D eigenvalue weighted by molar-refractivity contribution is 6.30. The van der Waals surface area contributed by atoms with E-state index in [9.17, 15) is 9.59 Å². The second-order valence-corrected chi connectivity index (χ2v) is 14.6. The standard InChI is InChI=1S/C46H61N3O2/c1-6-9-12-15-16-17-20-36-23-29-39(30-24-36)47(5)40-31-27-38(28-32-40)44-42-41(45(50)49(44)34-19-14-11-8-3)43(37-25-21-35(4)22-26-37)48(46(42)51)33-18-13-10-7-2/h21-32H,6-20,33-34H2,1-5H3. The van der Waals surface area contributed by atoms with E-state index in [-0.39, 0.29) is 11.8 Å². The Morgan fingerprint density at radius 2 is 0.882 bits per heavy atom. The number of anilines is 2. The maximum absolute atomic E-state index is 14.5. The van der Waals surface area contributed by atoms with E-state index in [1.807, 2.05) is 9.80 Å².